The van der Waals surface area contributed by atoms with Gasteiger partial charge in [-0.1, -0.05) is 31.5 Å². The summed E-state index contributed by atoms with van der Waals surface area (Å²) in [5, 5.41) is 11.2. The molecule has 1 unspecified atom stereocenters. The Bertz CT molecular complexity index is 1050. The number of nitrogens with one attached hydrogen (secondary N) is 1. The summed E-state index contributed by atoms with van der Waals surface area (Å²) in [5.41, 5.74) is 0.718. The fraction of sp³-hybridized carbons (Fsp3) is 0.250. The molecule has 3 rings (SSSR count). The number of unbranched alkanes of at least 4 members (excludes halogenated alkanes) is 1. The van der Waals surface area contributed by atoms with E-state index in [0.29, 0.717) is 5.17 Å². The second-order valence-electron chi connectivity index (χ2n) is 6.45. The first-order valence-corrected chi connectivity index (χ1v) is 12.6. The van der Waals surface area contributed by atoms with Crippen molar-refractivity contribution in [2.24, 2.45) is 10.2 Å². The van der Waals surface area contributed by atoms with E-state index in [0.717, 1.165) is 28.4 Å². The highest BCUT2D eigenvalue weighted by atomic mass is 127. The van der Waals surface area contributed by atoms with Crippen molar-refractivity contribution in [1.82, 2.24) is 5.32 Å². The Morgan fingerprint density at radius 3 is 2.53 bits per heavy atom. The molecule has 1 aliphatic heterocycles. The number of amidine groups is 1. The van der Waals surface area contributed by atoms with Crippen molar-refractivity contribution in [2.75, 3.05) is 0 Å². The molecule has 1 heterocycles. The van der Waals surface area contributed by atoms with E-state index in [4.69, 9.17) is 4.18 Å². The molecular formula is C20H20IN3O4S2. The van der Waals surface area contributed by atoms with Crippen LogP contribution in [0.2, 0.25) is 0 Å². The van der Waals surface area contributed by atoms with Gasteiger partial charge in [0.25, 0.3) is 0 Å². The Kier molecular flexibility index (Phi) is 7.89. The van der Waals surface area contributed by atoms with Gasteiger partial charge in [0.15, 0.2) is 5.17 Å². The van der Waals surface area contributed by atoms with Gasteiger partial charge >= 0.3 is 10.1 Å². The van der Waals surface area contributed by atoms with Crippen molar-refractivity contribution in [3.63, 3.8) is 0 Å². The van der Waals surface area contributed by atoms with Crippen molar-refractivity contribution in [3.8, 4) is 5.75 Å². The van der Waals surface area contributed by atoms with Crippen LogP contribution < -0.4 is 9.50 Å². The Morgan fingerprint density at radius 1 is 1.17 bits per heavy atom. The zero-order valence-corrected chi connectivity index (χ0v) is 19.9. The number of amides is 1. The molecule has 1 saturated heterocycles. The number of rotatable bonds is 8. The lowest BCUT2D eigenvalue weighted by molar-refractivity contribution is -0.118. The van der Waals surface area contributed by atoms with E-state index in [1.165, 1.54) is 30.1 Å². The molecule has 1 aliphatic rings. The zero-order chi connectivity index (χ0) is 21.6. The minimum atomic E-state index is -3.89. The van der Waals surface area contributed by atoms with Crippen LogP contribution in [0.25, 0.3) is 0 Å². The van der Waals surface area contributed by atoms with Gasteiger partial charge in [0, 0.05) is 3.57 Å². The van der Waals surface area contributed by atoms with E-state index in [1.54, 1.807) is 36.4 Å². The second-order valence-corrected chi connectivity index (χ2v) is 10.4. The zero-order valence-electron chi connectivity index (χ0n) is 16.1. The molecular weight excluding hydrogens is 537 g/mol. The molecule has 0 radical (unpaired) electrons. The Labute approximate surface area is 193 Å². The maximum Gasteiger partial charge on any atom is 0.339 e. The minimum Gasteiger partial charge on any atom is -0.379 e. The van der Waals surface area contributed by atoms with Crippen molar-refractivity contribution in [2.45, 2.75) is 36.3 Å². The van der Waals surface area contributed by atoms with E-state index in [-0.39, 0.29) is 21.8 Å². The molecule has 1 fully saturated rings. The Morgan fingerprint density at radius 2 is 1.87 bits per heavy atom. The number of nitrogens with zero attached hydrogens (tertiary/aromatic N) is 2. The molecule has 10 heteroatoms. The quantitative estimate of drug-likeness (QED) is 0.228. The molecule has 2 aromatic rings. The number of halogens is 1. The summed E-state index contributed by atoms with van der Waals surface area (Å²) in [4.78, 5) is 12.0. The summed E-state index contributed by atoms with van der Waals surface area (Å²) in [7, 11) is -3.89. The predicted molar refractivity (Wildman–Crippen MR) is 127 cm³/mol. The Hall–Kier alpha value is -1.92. The minimum absolute atomic E-state index is 0.0294. The summed E-state index contributed by atoms with van der Waals surface area (Å²) in [5.74, 6) is 0.174. The summed E-state index contributed by atoms with van der Waals surface area (Å²) in [6.45, 7) is 2.09. The maximum atomic E-state index is 12.3. The average Bonchev–Trinajstić information content (AvgIpc) is 3.07. The van der Waals surface area contributed by atoms with Gasteiger partial charge in [0.2, 0.25) is 5.91 Å². The number of carbonyl (C=O) groups is 1. The van der Waals surface area contributed by atoms with Crippen LogP contribution in [0.1, 0.15) is 31.7 Å². The average molecular weight is 557 g/mol. The first-order chi connectivity index (χ1) is 14.4. The number of benzene rings is 2. The summed E-state index contributed by atoms with van der Waals surface area (Å²) in [6, 6.07) is 12.9. The largest absolute Gasteiger partial charge is 0.379 e. The molecule has 0 aliphatic carbocycles. The fourth-order valence-corrected chi connectivity index (χ4v) is 4.83. The molecule has 0 spiro atoms. The summed E-state index contributed by atoms with van der Waals surface area (Å²) in [6.07, 6.45) is 4.38. The molecule has 2 aromatic carbocycles. The van der Waals surface area contributed by atoms with Gasteiger partial charge in [-0.2, -0.15) is 13.5 Å². The SMILES string of the molecule is CCCCC1S/C(=N/N=C/c2ccc(OS(=O)(=O)c3ccc(I)cc3)cc2)NC1=O. The Balaban J connectivity index is 1.59. The predicted octanol–water partition coefficient (Wildman–Crippen LogP) is 4.17. The van der Waals surface area contributed by atoms with Crippen LogP contribution in [0.5, 0.6) is 5.75 Å². The molecule has 1 N–H and O–H groups in total. The van der Waals surface area contributed by atoms with Gasteiger partial charge in [-0.25, -0.2) is 0 Å². The van der Waals surface area contributed by atoms with Crippen LogP contribution in [0.15, 0.2) is 63.6 Å². The number of thioether (sulfide) groups is 1. The van der Waals surface area contributed by atoms with Gasteiger partial charge < -0.3 is 9.50 Å². The van der Waals surface area contributed by atoms with Crippen LogP contribution in [0, 0.1) is 3.57 Å². The molecule has 0 aromatic heterocycles. The normalized spacial score (nSPS) is 18.1. The number of hydrogen-bond acceptors (Lipinski definition) is 7. The molecule has 1 atom stereocenters. The van der Waals surface area contributed by atoms with E-state index >= 15 is 0 Å². The highest BCUT2D eigenvalue weighted by molar-refractivity contribution is 14.1. The van der Waals surface area contributed by atoms with Crippen LogP contribution in [-0.4, -0.2) is 31.0 Å². The van der Waals surface area contributed by atoms with Gasteiger partial charge in [-0.15, -0.1) is 5.10 Å². The fourth-order valence-electron chi connectivity index (χ4n) is 2.57. The molecule has 30 heavy (non-hydrogen) atoms. The van der Waals surface area contributed by atoms with Crippen molar-refractivity contribution >= 4 is 61.8 Å². The van der Waals surface area contributed by atoms with E-state index < -0.39 is 10.1 Å². The van der Waals surface area contributed by atoms with Crippen LogP contribution in [0.4, 0.5) is 0 Å². The van der Waals surface area contributed by atoms with Gasteiger partial charge in [-0.05, 0) is 83.1 Å². The van der Waals surface area contributed by atoms with E-state index in [2.05, 4.69) is 45.0 Å². The monoisotopic (exact) mass is 557 g/mol. The first-order valence-electron chi connectivity index (χ1n) is 9.26. The van der Waals surface area contributed by atoms with Gasteiger partial charge in [0.1, 0.15) is 10.6 Å². The molecule has 0 saturated carbocycles. The highest BCUT2D eigenvalue weighted by Gasteiger charge is 2.29. The first kappa shape index (κ1) is 22.8. The smallest absolute Gasteiger partial charge is 0.339 e. The van der Waals surface area contributed by atoms with Crippen molar-refractivity contribution in [1.29, 1.82) is 0 Å². The summed E-state index contributed by atoms with van der Waals surface area (Å²) >= 11 is 3.49. The van der Waals surface area contributed by atoms with E-state index in [9.17, 15) is 13.2 Å². The third-order valence-electron chi connectivity index (χ3n) is 4.14. The van der Waals surface area contributed by atoms with Crippen molar-refractivity contribution < 1.29 is 17.4 Å². The van der Waals surface area contributed by atoms with Crippen molar-refractivity contribution in [3.05, 3.63) is 57.7 Å². The van der Waals surface area contributed by atoms with Crippen LogP contribution in [-0.2, 0) is 14.9 Å². The molecule has 158 valence electrons. The van der Waals surface area contributed by atoms with Crippen LogP contribution >= 0.6 is 34.4 Å². The lowest BCUT2D eigenvalue weighted by Gasteiger charge is -2.07. The highest BCUT2D eigenvalue weighted by Crippen LogP contribution is 2.24. The summed E-state index contributed by atoms with van der Waals surface area (Å²) < 4.78 is 30.8. The standard InChI is InChI=1S/C20H20IN3O4S2/c1-2-3-4-18-19(25)23-20(29-18)24-22-13-14-5-9-16(10-6-14)28-30(26,27)17-11-7-15(21)8-12-17/h5-13,18H,2-4H2,1H3,(H,23,24,25)/b22-13+. The lowest BCUT2D eigenvalue weighted by atomic mass is 10.2. The molecule has 7 nitrogen and oxygen atoms in total. The molecule has 0 bridgehead atoms. The number of carbonyl (C=O) groups excluding carboxylic acids is 1. The maximum absolute atomic E-state index is 12.3. The third-order valence-corrected chi connectivity index (χ3v) is 7.26. The second kappa shape index (κ2) is 10.4. The van der Waals surface area contributed by atoms with Crippen LogP contribution in [0.3, 0.4) is 0 Å². The number of hydrogen-bond donors (Lipinski definition) is 1. The lowest BCUT2D eigenvalue weighted by Crippen LogP contribution is -2.24. The van der Waals surface area contributed by atoms with E-state index in [1.807, 2.05) is 0 Å². The topological polar surface area (TPSA) is 97.2 Å². The third kappa shape index (κ3) is 6.29. The molecule has 1 amide bonds. The van der Waals surface area contributed by atoms with Gasteiger partial charge in [-0.3, -0.25) is 4.79 Å². The van der Waals surface area contributed by atoms with Gasteiger partial charge in [0.05, 0.1) is 11.5 Å².